The number of halogens is 2. The molecule has 0 spiro atoms. The van der Waals surface area contributed by atoms with Crippen molar-refractivity contribution in [2.24, 2.45) is 0 Å². The van der Waals surface area contributed by atoms with Crippen LogP contribution in [0.2, 0.25) is 4.34 Å². The SMILES string of the molecule is CN(Cc1ccc(Cl)s1)Cc1ccc(F)cc1B(O)O. The van der Waals surface area contributed by atoms with Crippen LogP contribution < -0.4 is 5.46 Å². The van der Waals surface area contributed by atoms with Crippen molar-refractivity contribution < 1.29 is 14.4 Å². The van der Waals surface area contributed by atoms with Gasteiger partial charge in [0, 0.05) is 18.0 Å². The third kappa shape index (κ3) is 4.04. The van der Waals surface area contributed by atoms with Gasteiger partial charge in [-0.1, -0.05) is 17.7 Å². The number of benzene rings is 1. The Morgan fingerprint density at radius 3 is 2.60 bits per heavy atom. The van der Waals surface area contributed by atoms with Crippen LogP contribution in [-0.4, -0.2) is 29.1 Å². The highest BCUT2D eigenvalue weighted by molar-refractivity contribution is 7.16. The smallest absolute Gasteiger partial charge is 0.423 e. The van der Waals surface area contributed by atoms with Crippen molar-refractivity contribution in [1.82, 2.24) is 4.90 Å². The van der Waals surface area contributed by atoms with Crippen LogP contribution in [0.25, 0.3) is 0 Å². The lowest BCUT2D eigenvalue weighted by Crippen LogP contribution is -2.35. The second kappa shape index (κ2) is 6.69. The Kier molecular flexibility index (Phi) is 5.18. The summed E-state index contributed by atoms with van der Waals surface area (Å²) in [5.74, 6) is -0.482. The fraction of sp³-hybridized carbons (Fsp3) is 0.231. The number of hydrogen-bond donors (Lipinski definition) is 2. The second-order valence-electron chi connectivity index (χ2n) is 4.59. The Bertz CT molecular complexity index is 594. The molecule has 0 aliphatic heterocycles. The van der Waals surface area contributed by atoms with Gasteiger partial charge in [-0.25, -0.2) is 4.39 Å². The Balaban J connectivity index is 2.09. The summed E-state index contributed by atoms with van der Waals surface area (Å²) in [6.45, 7) is 1.18. The third-order valence-electron chi connectivity index (χ3n) is 2.88. The van der Waals surface area contributed by atoms with Crippen LogP contribution in [0.4, 0.5) is 4.39 Å². The van der Waals surface area contributed by atoms with E-state index in [9.17, 15) is 14.4 Å². The van der Waals surface area contributed by atoms with Crippen LogP contribution in [0.15, 0.2) is 30.3 Å². The molecule has 0 amide bonds. The molecular weight excluding hydrogens is 299 g/mol. The normalized spacial score (nSPS) is 11.1. The van der Waals surface area contributed by atoms with E-state index >= 15 is 0 Å². The molecule has 0 saturated carbocycles. The highest BCUT2D eigenvalue weighted by Crippen LogP contribution is 2.22. The first-order valence-corrected chi connectivity index (χ1v) is 7.22. The molecule has 2 rings (SSSR count). The molecule has 0 aliphatic carbocycles. The molecule has 0 radical (unpaired) electrons. The van der Waals surface area contributed by atoms with Gasteiger partial charge >= 0.3 is 7.12 Å². The predicted octanol–water partition coefficient (Wildman–Crippen LogP) is 1.85. The van der Waals surface area contributed by atoms with Crippen molar-refractivity contribution in [3.63, 3.8) is 0 Å². The highest BCUT2D eigenvalue weighted by Gasteiger charge is 2.18. The van der Waals surface area contributed by atoms with E-state index in [-0.39, 0.29) is 5.46 Å². The summed E-state index contributed by atoms with van der Waals surface area (Å²) in [7, 11) is 0.232. The van der Waals surface area contributed by atoms with Crippen LogP contribution in [0.5, 0.6) is 0 Å². The first-order valence-electron chi connectivity index (χ1n) is 6.03. The molecule has 3 nitrogen and oxygen atoms in total. The fourth-order valence-corrected chi connectivity index (χ4v) is 3.17. The molecule has 106 valence electrons. The quantitative estimate of drug-likeness (QED) is 0.828. The molecule has 0 bridgehead atoms. The standard InChI is InChI=1S/C13H14BClFNO2S/c1-17(8-11-4-5-13(15)20-11)7-9-2-3-10(16)6-12(9)14(18)19/h2-6,18-19H,7-8H2,1H3. The van der Waals surface area contributed by atoms with E-state index in [1.54, 1.807) is 6.07 Å². The van der Waals surface area contributed by atoms with Crippen molar-refractivity contribution in [2.75, 3.05) is 7.05 Å². The summed E-state index contributed by atoms with van der Waals surface area (Å²) >= 11 is 7.39. The van der Waals surface area contributed by atoms with Gasteiger partial charge in [-0.2, -0.15) is 0 Å². The van der Waals surface area contributed by atoms with Gasteiger partial charge in [0.1, 0.15) is 5.82 Å². The Morgan fingerprint density at radius 1 is 1.25 bits per heavy atom. The van der Waals surface area contributed by atoms with Gasteiger partial charge in [0.2, 0.25) is 0 Å². The molecule has 7 heteroatoms. The minimum atomic E-state index is -1.68. The van der Waals surface area contributed by atoms with Crippen LogP contribution in [0, 0.1) is 5.82 Å². The van der Waals surface area contributed by atoms with Crippen LogP contribution in [0.3, 0.4) is 0 Å². The molecule has 2 aromatic rings. The monoisotopic (exact) mass is 313 g/mol. The van der Waals surface area contributed by atoms with E-state index < -0.39 is 12.9 Å². The topological polar surface area (TPSA) is 43.7 Å². The molecule has 1 heterocycles. The van der Waals surface area contributed by atoms with E-state index in [1.807, 2.05) is 24.1 Å². The summed E-state index contributed by atoms with van der Waals surface area (Å²) in [6.07, 6.45) is 0. The third-order valence-corrected chi connectivity index (χ3v) is 4.10. The van der Waals surface area contributed by atoms with E-state index in [1.165, 1.54) is 17.4 Å². The van der Waals surface area contributed by atoms with Gasteiger partial charge in [0.25, 0.3) is 0 Å². The number of rotatable bonds is 5. The zero-order valence-corrected chi connectivity index (χ0v) is 12.5. The summed E-state index contributed by atoms with van der Waals surface area (Å²) in [4.78, 5) is 3.12. The lowest BCUT2D eigenvalue weighted by atomic mass is 9.77. The van der Waals surface area contributed by atoms with Crippen LogP contribution >= 0.6 is 22.9 Å². The molecule has 1 aromatic carbocycles. The van der Waals surface area contributed by atoms with Gasteiger partial charge in [-0.3, -0.25) is 4.90 Å². The van der Waals surface area contributed by atoms with Gasteiger partial charge in [-0.05, 0) is 42.3 Å². The molecular formula is C13H14BClFNO2S. The zero-order valence-electron chi connectivity index (χ0n) is 10.9. The van der Waals surface area contributed by atoms with E-state index in [0.717, 1.165) is 15.3 Å². The van der Waals surface area contributed by atoms with Gasteiger partial charge in [0.15, 0.2) is 0 Å². The summed E-state index contributed by atoms with van der Waals surface area (Å²) in [5.41, 5.74) is 0.882. The Hall–Kier alpha value is -0.915. The molecule has 1 aromatic heterocycles. The van der Waals surface area contributed by atoms with Crippen molar-refractivity contribution in [3.05, 3.63) is 50.9 Å². The lowest BCUT2D eigenvalue weighted by molar-refractivity contribution is 0.322. The van der Waals surface area contributed by atoms with Crippen molar-refractivity contribution in [3.8, 4) is 0 Å². The van der Waals surface area contributed by atoms with Crippen molar-refractivity contribution in [1.29, 1.82) is 0 Å². The maximum absolute atomic E-state index is 13.1. The molecule has 0 atom stereocenters. The number of hydrogen-bond acceptors (Lipinski definition) is 4. The predicted molar refractivity (Wildman–Crippen MR) is 80.7 cm³/mol. The van der Waals surface area contributed by atoms with E-state index in [2.05, 4.69) is 0 Å². The molecule has 0 aliphatic rings. The minimum absolute atomic E-state index is 0.195. The lowest BCUT2D eigenvalue weighted by Gasteiger charge is -2.18. The van der Waals surface area contributed by atoms with Crippen molar-refractivity contribution >= 4 is 35.5 Å². The van der Waals surface area contributed by atoms with Gasteiger partial charge in [0.05, 0.1) is 4.34 Å². The largest absolute Gasteiger partial charge is 0.488 e. The first-order chi connectivity index (χ1) is 9.45. The zero-order chi connectivity index (χ0) is 14.7. The molecule has 0 unspecified atom stereocenters. The summed E-state index contributed by atoms with van der Waals surface area (Å²) < 4.78 is 13.9. The Labute approximate surface area is 126 Å². The minimum Gasteiger partial charge on any atom is -0.423 e. The average molecular weight is 314 g/mol. The van der Waals surface area contributed by atoms with Crippen molar-refractivity contribution in [2.45, 2.75) is 13.1 Å². The number of thiophene rings is 1. The molecule has 0 saturated heterocycles. The molecule has 2 N–H and O–H groups in total. The fourth-order valence-electron chi connectivity index (χ4n) is 2.00. The molecule has 20 heavy (non-hydrogen) atoms. The second-order valence-corrected chi connectivity index (χ2v) is 6.39. The Morgan fingerprint density at radius 2 is 2.00 bits per heavy atom. The highest BCUT2D eigenvalue weighted by atomic mass is 35.5. The van der Waals surface area contributed by atoms with E-state index in [4.69, 9.17) is 11.6 Å². The maximum atomic E-state index is 13.1. The number of nitrogens with zero attached hydrogens (tertiary/aromatic N) is 1. The summed E-state index contributed by atoms with van der Waals surface area (Å²) in [5, 5.41) is 18.6. The van der Waals surface area contributed by atoms with E-state index in [0.29, 0.717) is 18.7 Å². The molecule has 0 fully saturated rings. The van der Waals surface area contributed by atoms with Gasteiger partial charge < -0.3 is 10.0 Å². The van der Waals surface area contributed by atoms with Crippen LogP contribution in [0.1, 0.15) is 10.4 Å². The summed E-state index contributed by atoms with van der Waals surface area (Å²) in [6, 6.07) is 7.83. The average Bonchev–Trinajstić information content (AvgIpc) is 2.76. The van der Waals surface area contributed by atoms with Crippen LogP contribution in [-0.2, 0) is 13.1 Å². The first kappa shape index (κ1) is 15.5. The maximum Gasteiger partial charge on any atom is 0.488 e. The van der Waals surface area contributed by atoms with Gasteiger partial charge in [-0.15, -0.1) is 11.3 Å².